The fraction of sp³-hybridized carbons (Fsp3) is 0.179. The minimum Gasteiger partial charge on any atom is -0.466 e. The Bertz CT molecular complexity index is 1620. The fourth-order valence-electron chi connectivity index (χ4n) is 4.17. The second kappa shape index (κ2) is 9.69. The first-order valence-electron chi connectivity index (χ1n) is 11.9. The molecular formula is C28H26N6O3. The molecule has 0 fully saturated rings. The highest BCUT2D eigenvalue weighted by Gasteiger charge is 2.21. The molecule has 0 radical (unpaired) electrons. The minimum atomic E-state index is -0.336. The van der Waals surface area contributed by atoms with Crippen molar-refractivity contribution in [2.75, 3.05) is 10.6 Å². The van der Waals surface area contributed by atoms with Gasteiger partial charge in [-0.1, -0.05) is 12.1 Å². The molecule has 1 aromatic carbocycles. The van der Waals surface area contributed by atoms with Gasteiger partial charge in [0, 0.05) is 29.1 Å². The van der Waals surface area contributed by atoms with Gasteiger partial charge >= 0.3 is 0 Å². The Morgan fingerprint density at radius 1 is 0.973 bits per heavy atom. The Morgan fingerprint density at radius 3 is 2.51 bits per heavy atom. The third kappa shape index (κ3) is 4.84. The van der Waals surface area contributed by atoms with Crippen LogP contribution in [0.2, 0.25) is 0 Å². The molecule has 186 valence electrons. The summed E-state index contributed by atoms with van der Waals surface area (Å²) in [6.45, 7) is 7.76. The van der Waals surface area contributed by atoms with Gasteiger partial charge in [-0.25, -0.2) is 14.6 Å². The molecule has 0 aliphatic heterocycles. The van der Waals surface area contributed by atoms with Crippen LogP contribution in [0.1, 0.15) is 52.1 Å². The quantitative estimate of drug-likeness (QED) is 0.309. The molecule has 0 aliphatic rings. The van der Waals surface area contributed by atoms with Crippen LogP contribution < -0.4 is 10.6 Å². The first-order chi connectivity index (χ1) is 17.8. The summed E-state index contributed by atoms with van der Waals surface area (Å²) in [6.07, 6.45) is 3.26. The summed E-state index contributed by atoms with van der Waals surface area (Å²) in [6, 6.07) is 15.7. The van der Waals surface area contributed by atoms with Crippen LogP contribution in [0.15, 0.2) is 71.4 Å². The van der Waals surface area contributed by atoms with Gasteiger partial charge in [0.05, 0.1) is 22.8 Å². The highest BCUT2D eigenvalue weighted by atomic mass is 16.3. The molecule has 5 aromatic rings. The van der Waals surface area contributed by atoms with Gasteiger partial charge in [0.1, 0.15) is 17.3 Å². The smallest absolute Gasteiger partial charge is 0.256 e. The maximum atomic E-state index is 13.5. The van der Waals surface area contributed by atoms with E-state index in [1.807, 2.05) is 33.8 Å². The SMILES string of the molecule is Cc1cc(-c2cc(C(=O)Nc3cccc(C(=O)Nc4ccccn4)c3)c3cnn(C(C)C)c3n2)c(C)o1. The highest BCUT2D eigenvalue weighted by molar-refractivity contribution is 6.13. The lowest BCUT2D eigenvalue weighted by Crippen LogP contribution is -2.15. The molecule has 0 aliphatic carbocycles. The van der Waals surface area contributed by atoms with E-state index in [0.29, 0.717) is 39.4 Å². The van der Waals surface area contributed by atoms with Crippen molar-refractivity contribution in [1.29, 1.82) is 0 Å². The first-order valence-corrected chi connectivity index (χ1v) is 11.9. The molecule has 0 saturated heterocycles. The van der Waals surface area contributed by atoms with Crippen molar-refractivity contribution in [3.8, 4) is 11.3 Å². The lowest BCUT2D eigenvalue weighted by atomic mass is 10.1. The number of pyridine rings is 2. The molecule has 0 bridgehead atoms. The van der Waals surface area contributed by atoms with E-state index in [0.717, 1.165) is 17.1 Å². The molecule has 0 unspecified atom stereocenters. The normalized spacial score (nSPS) is 11.2. The van der Waals surface area contributed by atoms with Crippen LogP contribution in [-0.4, -0.2) is 31.6 Å². The number of carbonyl (C=O) groups excluding carboxylic acids is 2. The predicted octanol–water partition coefficient (Wildman–Crippen LogP) is 5.79. The van der Waals surface area contributed by atoms with Gasteiger partial charge in [-0.3, -0.25) is 9.59 Å². The lowest BCUT2D eigenvalue weighted by molar-refractivity contribution is 0.101. The Labute approximate surface area is 213 Å². The zero-order valence-electron chi connectivity index (χ0n) is 20.9. The number of rotatable bonds is 6. The fourth-order valence-corrected chi connectivity index (χ4v) is 4.17. The molecule has 0 spiro atoms. The van der Waals surface area contributed by atoms with Gasteiger partial charge in [-0.05, 0) is 70.2 Å². The van der Waals surface area contributed by atoms with E-state index < -0.39 is 0 Å². The summed E-state index contributed by atoms with van der Waals surface area (Å²) in [5.41, 5.74) is 3.35. The Kier molecular flexibility index (Phi) is 6.27. The van der Waals surface area contributed by atoms with Crippen LogP contribution in [0.5, 0.6) is 0 Å². The molecular weight excluding hydrogens is 468 g/mol. The van der Waals surface area contributed by atoms with Crippen LogP contribution >= 0.6 is 0 Å². The number of nitrogens with one attached hydrogen (secondary N) is 2. The average molecular weight is 495 g/mol. The molecule has 5 rings (SSSR count). The van der Waals surface area contributed by atoms with Crippen molar-refractivity contribution in [3.63, 3.8) is 0 Å². The summed E-state index contributed by atoms with van der Waals surface area (Å²) >= 11 is 0. The second-order valence-electron chi connectivity index (χ2n) is 9.01. The topological polar surface area (TPSA) is 115 Å². The van der Waals surface area contributed by atoms with E-state index in [9.17, 15) is 9.59 Å². The Balaban J connectivity index is 1.49. The van der Waals surface area contributed by atoms with E-state index >= 15 is 0 Å². The number of furan rings is 1. The maximum absolute atomic E-state index is 13.5. The Hall–Kier alpha value is -4.79. The molecule has 4 aromatic heterocycles. The number of nitrogens with zero attached hydrogens (tertiary/aromatic N) is 4. The number of aromatic nitrogens is 4. The number of carbonyl (C=O) groups is 2. The van der Waals surface area contributed by atoms with E-state index in [1.54, 1.807) is 65.6 Å². The average Bonchev–Trinajstić information content (AvgIpc) is 3.46. The van der Waals surface area contributed by atoms with E-state index in [2.05, 4.69) is 20.7 Å². The van der Waals surface area contributed by atoms with Crippen LogP contribution in [0.4, 0.5) is 11.5 Å². The maximum Gasteiger partial charge on any atom is 0.256 e. The third-order valence-corrected chi connectivity index (χ3v) is 5.91. The summed E-state index contributed by atoms with van der Waals surface area (Å²) in [4.78, 5) is 35.2. The molecule has 9 heteroatoms. The lowest BCUT2D eigenvalue weighted by Gasteiger charge is -2.11. The summed E-state index contributed by atoms with van der Waals surface area (Å²) < 4.78 is 7.50. The summed E-state index contributed by atoms with van der Waals surface area (Å²) in [5, 5.41) is 10.8. The molecule has 4 heterocycles. The second-order valence-corrected chi connectivity index (χ2v) is 9.01. The number of aryl methyl sites for hydroxylation is 2. The molecule has 2 amide bonds. The van der Waals surface area contributed by atoms with Gasteiger partial charge in [0.15, 0.2) is 5.65 Å². The number of fused-ring (bicyclic) bond motifs is 1. The van der Waals surface area contributed by atoms with Crippen molar-refractivity contribution >= 4 is 34.4 Å². The van der Waals surface area contributed by atoms with Gasteiger partial charge in [-0.2, -0.15) is 5.10 Å². The van der Waals surface area contributed by atoms with Crippen molar-refractivity contribution in [1.82, 2.24) is 19.7 Å². The summed E-state index contributed by atoms with van der Waals surface area (Å²) in [7, 11) is 0. The molecule has 0 atom stereocenters. The minimum absolute atomic E-state index is 0.0534. The molecule has 0 saturated carbocycles. The zero-order valence-corrected chi connectivity index (χ0v) is 20.9. The van der Waals surface area contributed by atoms with Gasteiger partial charge in [0.2, 0.25) is 0 Å². The van der Waals surface area contributed by atoms with Gasteiger partial charge in [0.25, 0.3) is 11.8 Å². The van der Waals surface area contributed by atoms with Crippen LogP contribution in [-0.2, 0) is 0 Å². The predicted molar refractivity (Wildman–Crippen MR) is 142 cm³/mol. The van der Waals surface area contributed by atoms with Crippen molar-refractivity contribution < 1.29 is 14.0 Å². The number of hydrogen-bond acceptors (Lipinski definition) is 6. The van der Waals surface area contributed by atoms with E-state index in [-0.39, 0.29) is 17.9 Å². The van der Waals surface area contributed by atoms with Gasteiger partial charge in [-0.15, -0.1) is 0 Å². The van der Waals surface area contributed by atoms with Gasteiger partial charge < -0.3 is 15.1 Å². The Morgan fingerprint density at radius 2 is 1.81 bits per heavy atom. The molecule has 2 N–H and O–H groups in total. The van der Waals surface area contributed by atoms with E-state index in [4.69, 9.17) is 9.40 Å². The van der Waals surface area contributed by atoms with Crippen molar-refractivity contribution in [2.24, 2.45) is 0 Å². The van der Waals surface area contributed by atoms with E-state index in [1.165, 1.54) is 0 Å². The zero-order chi connectivity index (χ0) is 26.1. The number of amides is 2. The van der Waals surface area contributed by atoms with Crippen molar-refractivity contribution in [3.05, 3.63) is 89.6 Å². The molecule has 9 nitrogen and oxygen atoms in total. The standard InChI is InChI=1S/C28H26N6O3/c1-16(2)34-26-23(15-30-34)22(14-24(32-26)21-12-17(3)37-18(21)4)28(36)31-20-9-7-8-19(13-20)27(35)33-25-10-5-6-11-29-25/h5-16H,1-4H3,(H,31,36)(H,29,33,35). The van der Waals surface area contributed by atoms with Crippen LogP contribution in [0.3, 0.4) is 0 Å². The van der Waals surface area contributed by atoms with Crippen molar-refractivity contribution in [2.45, 2.75) is 33.7 Å². The monoisotopic (exact) mass is 494 g/mol. The number of hydrogen-bond donors (Lipinski definition) is 2. The largest absolute Gasteiger partial charge is 0.466 e. The van der Waals surface area contributed by atoms with Crippen LogP contribution in [0.25, 0.3) is 22.3 Å². The number of anilines is 2. The van der Waals surface area contributed by atoms with Crippen LogP contribution in [0, 0.1) is 13.8 Å². The molecule has 37 heavy (non-hydrogen) atoms. The highest BCUT2D eigenvalue weighted by Crippen LogP contribution is 2.30. The first kappa shape index (κ1) is 23.9. The summed E-state index contributed by atoms with van der Waals surface area (Å²) in [5.74, 6) is 1.27. The third-order valence-electron chi connectivity index (χ3n) is 5.91. The number of benzene rings is 1.